The van der Waals surface area contributed by atoms with Gasteiger partial charge < -0.3 is 19.8 Å². The average Bonchev–Trinajstić information content (AvgIpc) is 3.32. The molecule has 0 heterocycles. The fraction of sp³-hybridized carbons (Fsp3) is 0.966. The Morgan fingerprint density at radius 2 is 0.545 bits per heavy atom. The minimum Gasteiger partial charge on any atom is -0.393 e. The zero-order valence-corrected chi connectivity index (χ0v) is 45.3. The SMILES string of the molecule is CCCCCCCCCCN(CCCCCCCCCC)C(=O)CCCCCCCN(CCCCCCCC(=O)N(CCCCCCCCCC)CCCCCCCCCC)CC(F)CO. The van der Waals surface area contributed by atoms with Crippen molar-refractivity contribution < 1.29 is 19.1 Å². The molecule has 0 aliphatic rings. The number of aliphatic hydroxyl groups is 1. The first-order valence-electron chi connectivity index (χ1n) is 30.0. The zero-order chi connectivity index (χ0) is 48.2. The van der Waals surface area contributed by atoms with Gasteiger partial charge in [-0.25, -0.2) is 4.39 Å². The Morgan fingerprint density at radius 1 is 0.333 bits per heavy atom. The molecule has 0 radical (unpaired) electrons. The van der Waals surface area contributed by atoms with E-state index in [9.17, 15) is 19.1 Å². The fourth-order valence-electron chi connectivity index (χ4n) is 9.70. The molecule has 7 heteroatoms. The highest BCUT2D eigenvalue weighted by molar-refractivity contribution is 5.76. The van der Waals surface area contributed by atoms with Gasteiger partial charge in [0.1, 0.15) is 6.17 Å². The van der Waals surface area contributed by atoms with Crippen LogP contribution in [0.15, 0.2) is 0 Å². The number of alkyl halides is 1. The summed E-state index contributed by atoms with van der Waals surface area (Å²) in [5.41, 5.74) is 0. The Bertz CT molecular complexity index is 874. The number of halogens is 1. The third-order valence-electron chi connectivity index (χ3n) is 14.2. The second-order valence-electron chi connectivity index (χ2n) is 20.8. The first kappa shape index (κ1) is 64.8. The third-order valence-corrected chi connectivity index (χ3v) is 14.2. The maximum Gasteiger partial charge on any atom is 0.222 e. The number of carbonyl (C=O) groups is 2. The van der Waals surface area contributed by atoms with Crippen molar-refractivity contribution in [1.82, 2.24) is 14.7 Å². The number of hydrogen-bond donors (Lipinski definition) is 1. The van der Waals surface area contributed by atoms with E-state index in [1.165, 1.54) is 180 Å². The van der Waals surface area contributed by atoms with E-state index in [2.05, 4.69) is 42.4 Å². The molecular formula is C59H118FN3O3. The van der Waals surface area contributed by atoms with Crippen LogP contribution in [0.3, 0.4) is 0 Å². The van der Waals surface area contributed by atoms with Crippen molar-refractivity contribution in [3.05, 3.63) is 0 Å². The van der Waals surface area contributed by atoms with Crippen molar-refractivity contribution in [2.45, 2.75) is 316 Å². The molecule has 0 aromatic rings. The molecule has 2 amide bonds. The van der Waals surface area contributed by atoms with Crippen molar-refractivity contribution >= 4 is 11.8 Å². The summed E-state index contributed by atoms with van der Waals surface area (Å²) in [5, 5.41) is 9.46. The second kappa shape index (κ2) is 53.1. The number of carbonyl (C=O) groups excluding carboxylic acids is 2. The van der Waals surface area contributed by atoms with Crippen LogP contribution in [-0.4, -0.2) is 90.2 Å². The summed E-state index contributed by atoms with van der Waals surface area (Å²) in [6.07, 6.45) is 52.3. The summed E-state index contributed by atoms with van der Waals surface area (Å²) < 4.78 is 14.3. The lowest BCUT2D eigenvalue weighted by molar-refractivity contribution is -0.132. The van der Waals surface area contributed by atoms with Gasteiger partial charge in [-0.15, -0.1) is 0 Å². The molecule has 0 spiro atoms. The van der Waals surface area contributed by atoms with Crippen LogP contribution < -0.4 is 0 Å². The van der Waals surface area contributed by atoms with Crippen molar-refractivity contribution in [1.29, 1.82) is 0 Å². The number of hydrogen-bond acceptors (Lipinski definition) is 4. The molecular weight excluding hydrogens is 818 g/mol. The molecule has 0 aliphatic carbocycles. The standard InChI is InChI=1S/C59H118FN3O3/c1-5-9-13-17-21-25-35-43-51-62(52-44-36-26-22-18-14-10-6-2)58(65)47-39-31-29-33-41-49-61(55-57(60)56-64)50-42-34-30-32-40-48-59(66)63(53-45-37-27-23-19-15-11-7-3)54-46-38-28-24-20-16-12-8-4/h57,64H,5-56H2,1-4H3. The molecule has 1 unspecified atom stereocenters. The molecule has 0 aliphatic heterocycles. The molecule has 394 valence electrons. The van der Waals surface area contributed by atoms with E-state index in [0.29, 0.717) is 31.2 Å². The quantitative estimate of drug-likeness (QED) is 0.0617. The average molecular weight is 937 g/mol. The van der Waals surface area contributed by atoms with Gasteiger partial charge in [-0.05, 0) is 64.5 Å². The molecule has 0 saturated heterocycles. The predicted molar refractivity (Wildman–Crippen MR) is 287 cm³/mol. The number of amides is 2. The minimum atomic E-state index is -1.19. The lowest BCUT2D eigenvalue weighted by atomic mass is 10.1. The van der Waals surface area contributed by atoms with Crippen molar-refractivity contribution in [2.75, 3.05) is 52.4 Å². The largest absolute Gasteiger partial charge is 0.393 e. The van der Waals surface area contributed by atoms with E-state index in [-0.39, 0.29) is 0 Å². The maximum absolute atomic E-state index is 14.3. The van der Waals surface area contributed by atoms with Gasteiger partial charge in [0.2, 0.25) is 11.8 Å². The van der Waals surface area contributed by atoms with Gasteiger partial charge >= 0.3 is 0 Å². The summed E-state index contributed by atoms with van der Waals surface area (Å²) >= 11 is 0. The van der Waals surface area contributed by atoms with Crippen LogP contribution >= 0.6 is 0 Å². The minimum absolute atomic E-state index is 0.306. The van der Waals surface area contributed by atoms with Gasteiger partial charge in [-0.2, -0.15) is 0 Å². The summed E-state index contributed by atoms with van der Waals surface area (Å²) in [4.78, 5) is 33.4. The van der Waals surface area contributed by atoms with Gasteiger partial charge in [-0.1, -0.05) is 246 Å². The van der Waals surface area contributed by atoms with Gasteiger partial charge in [0, 0.05) is 45.6 Å². The molecule has 1 atom stereocenters. The van der Waals surface area contributed by atoms with Crippen LogP contribution in [0.4, 0.5) is 4.39 Å². The second-order valence-corrected chi connectivity index (χ2v) is 20.8. The highest BCUT2D eigenvalue weighted by Crippen LogP contribution is 2.17. The van der Waals surface area contributed by atoms with Crippen LogP contribution in [0.2, 0.25) is 0 Å². The predicted octanol–water partition coefficient (Wildman–Crippen LogP) is 17.5. The molecule has 6 nitrogen and oxygen atoms in total. The first-order valence-corrected chi connectivity index (χ1v) is 30.0. The highest BCUT2D eigenvalue weighted by atomic mass is 19.1. The van der Waals surface area contributed by atoms with E-state index in [4.69, 9.17) is 0 Å². The van der Waals surface area contributed by atoms with E-state index in [1.54, 1.807) is 0 Å². The van der Waals surface area contributed by atoms with Crippen LogP contribution in [0.25, 0.3) is 0 Å². The van der Waals surface area contributed by atoms with E-state index in [0.717, 1.165) is 129 Å². The van der Waals surface area contributed by atoms with Gasteiger partial charge in [-0.3, -0.25) is 9.59 Å². The van der Waals surface area contributed by atoms with Crippen molar-refractivity contribution in [2.24, 2.45) is 0 Å². The lowest BCUT2D eigenvalue weighted by Gasteiger charge is -2.24. The fourth-order valence-corrected chi connectivity index (χ4v) is 9.70. The zero-order valence-electron chi connectivity index (χ0n) is 45.3. The van der Waals surface area contributed by atoms with Gasteiger partial charge in [0.15, 0.2) is 0 Å². The number of unbranched alkanes of at least 4 members (excludes halogenated alkanes) is 36. The Hall–Kier alpha value is -1.21. The molecule has 0 bridgehead atoms. The topological polar surface area (TPSA) is 64.1 Å². The van der Waals surface area contributed by atoms with Crippen LogP contribution in [-0.2, 0) is 9.59 Å². The summed E-state index contributed by atoms with van der Waals surface area (Å²) in [5.74, 6) is 0.726. The Morgan fingerprint density at radius 3 is 0.788 bits per heavy atom. The highest BCUT2D eigenvalue weighted by Gasteiger charge is 2.16. The number of nitrogens with zero attached hydrogens (tertiary/aromatic N) is 3. The summed E-state index contributed by atoms with van der Waals surface area (Å²) in [6, 6.07) is 0. The van der Waals surface area contributed by atoms with Crippen LogP contribution in [0.1, 0.15) is 310 Å². The molecule has 1 N–H and O–H groups in total. The molecule has 0 aromatic heterocycles. The van der Waals surface area contributed by atoms with Gasteiger partial charge in [0.25, 0.3) is 0 Å². The smallest absolute Gasteiger partial charge is 0.222 e. The summed E-state index contributed by atoms with van der Waals surface area (Å²) in [7, 11) is 0. The van der Waals surface area contributed by atoms with Crippen LogP contribution in [0.5, 0.6) is 0 Å². The van der Waals surface area contributed by atoms with Gasteiger partial charge in [0.05, 0.1) is 6.61 Å². The molecule has 0 fully saturated rings. The van der Waals surface area contributed by atoms with Crippen LogP contribution in [0, 0.1) is 0 Å². The molecule has 0 saturated carbocycles. The van der Waals surface area contributed by atoms with E-state index >= 15 is 0 Å². The Labute approximate surface area is 412 Å². The Kier molecular flexibility index (Phi) is 52.2. The Balaban J connectivity index is 4.57. The molecule has 0 aromatic carbocycles. The lowest BCUT2D eigenvalue weighted by Crippen LogP contribution is -2.34. The third kappa shape index (κ3) is 45.2. The van der Waals surface area contributed by atoms with E-state index < -0.39 is 12.8 Å². The van der Waals surface area contributed by atoms with E-state index in [1.807, 2.05) is 0 Å². The molecule has 0 rings (SSSR count). The monoisotopic (exact) mass is 936 g/mol. The van der Waals surface area contributed by atoms with Crippen molar-refractivity contribution in [3.8, 4) is 0 Å². The number of rotatable bonds is 55. The summed E-state index contributed by atoms with van der Waals surface area (Å²) in [6.45, 7) is 14.5. The maximum atomic E-state index is 14.3. The number of aliphatic hydroxyl groups excluding tert-OH is 1. The van der Waals surface area contributed by atoms with Crippen molar-refractivity contribution in [3.63, 3.8) is 0 Å². The normalized spacial score (nSPS) is 12.1. The molecule has 66 heavy (non-hydrogen) atoms. The first-order chi connectivity index (χ1) is 32.4.